The van der Waals surface area contributed by atoms with E-state index in [4.69, 9.17) is 10.2 Å². The van der Waals surface area contributed by atoms with Gasteiger partial charge in [-0.1, -0.05) is 0 Å². The fraction of sp³-hybridized carbons (Fsp3) is 0.0909. The molecule has 0 amide bonds. The maximum absolute atomic E-state index is 12.8. The lowest BCUT2D eigenvalue weighted by atomic mass is 10.3. The van der Waals surface area contributed by atoms with Gasteiger partial charge in [0.25, 0.3) is 0 Å². The van der Waals surface area contributed by atoms with E-state index in [-0.39, 0.29) is 5.82 Å². The fourth-order valence-corrected chi connectivity index (χ4v) is 2.06. The van der Waals surface area contributed by atoms with Crippen molar-refractivity contribution in [3.63, 3.8) is 0 Å². The van der Waals surface area contributed by atoms with E-state index in [1.165, 1.54) is 12.1 Å². The monoisotopic (exact) mass is 223 g/mol. The molecule has 0 atom stereocenters. The molecule has 15 heavy (non-hydrogen) atoms. The van der Waals surface area contributed by atoms with Crippen molar-refractivity contribution in [3.05, 3.63) is 48.2 Å². The summed E-state index contributed by atoms with van der Waals surface area (Å²) in [5.41, 5.74) is 7.24. The van der Waals surface area contributed by atoms with Gasteiger partial charge in [-0.3, -0.25) is 0 Å². The standard InChI is InChI=1S/C11H10FNOS/c12-9-1-2-11(10(13)5-9)15-7-8-3-4-14-6-8/h1-6H,7,13H2. The maximum atomic E-state index is 12.8. The molecule has 4 heteroatoms. The normalized spacial score (nSPS) is 10.5. The summed E-state index contributed by atoms with van der Waals surface area (Å²) < 4.78 is 17.7. The van der Waals surface area contributed by atoms with Gasteiger partial charge >= 0.3 is 0 Å². The van der Waals surface area contributed by atoms with Crippen molar-refractivity contribution in [1.82, 2.24) is 0 Å². The number of hydrogen-bond acceptors (Lipinski definition) is 3. The molecule has 2 nitrogen and oxygen atoms in total. The summed E-state index contributed by atoms with van der Waals surface area (Å²) in [6.07, 6.45) is 3.32. The molecule has 0 bridgehead atoms. The van der Waals surface area contributed by atoms with E-state index in [1.54, 1.807) is 30.4 Å². The molecule has 0 aliphatic heterocycles. The Kier molecular flexibility index (Phi) is 2.97. The van der Waals surface area contributed by atoms with Crippen molar-refractivity contribution in [2.24, 2.45) is 0 Å². The van der Waals surface area contributed by atoms with Crippen LogP contribution in [-0.4, -0.2) is 0 Å². The first-order chi connectivity index (χ1) is 7.25. The van der Waals surface area contributed by atoms with Crippen LogP contribution < -0.4 is 5.73 Å². The van der Waals surface area contributed by atoms with E-state index >= 15 is 0 Å². The van der Waals surface area contributed by atoms with Crippen molar-refractivity contribution in [2.75, 3.05) is 5.73 Å². The number of nitrogens with two attached hydrogens (primary N) is 1. The van der Waals surface area contributed by atoms with Crippen LogP contribution in [0.25, 0.3) is 0 Å². The third-order valence-electron chi connectivity index (χ3n) is 1.95. The van der Waals surface area contributed by atoms with Crippen molar-refractivity contribution in [3.8, 4) is 0 Å². The second-order valence-electron chi connectivity index (χ2n) is 3.10. The van der Waals surface area contributed by atoms with Gasteiger partial charge in [0.05, 0.1) is 12.5 Å². The first kappa shape index (κ1) is 10.1. The predicted molar refractivity (Wildman–Crippen MR) is 59.1 cm³/mol. The Morgan fingerprint density at radius 2 is 2.20 bits per heavy atom. The van der Waals surface area contributed by atoms with Crippen LogP contribution in [0.4, 0.5) is 10.1 Å². The number of thioether (sulfide) groups is 1. The quantitative estimate of drug-likeness (QED) is 0.641. The molecule has 1 aromatic heterocycles. The van der Waals surface area contributed by atoms with Gasteiger partial charge in [-0.25, -0.2) is 4.39 Å². The van der Waals surface area contributed by atoms with Crippen LogP contribution in [0.5, 0.6) is 0 Å². The van der Waals surface area contributed by atoms with Crippen molar-refractivity contribution < 1.29 is 8.81 Å². The smallest absolute Gasteiger partial charge is 0.125 e. The number of rotatable bonds is 3. The molecule has 2 aromatic rings. The summed E-state index contributed by atoms with van der Waals surface area (Å²) in [5.74, 6) is 0.465. The van der Waals surface area contributed by atoms with Crippen LogP contribution in [0.15, 0.2) is 46.1 Å². The third kappa shape index (κ3) is 2.53. The zero-order valence-electron chi connectivity index (χ0n) is 7.94. The first-order valence-electron chi connectivity index (χ1n) is 4.44. The van der Waals surface area contributed by atoms with Crippen molar-refractivity contribution >= 4 is 17.4 Å². The Bertz CT molecular complexity index is 442. The number of anilines is 1. The minimum absolute atomic E-state index is 0.305. The minimum Gasteiger partial charge on any atom is -0.472 e. The van der Waals surface area contributed by atoms with Crippen LogP contribution >= 0.6 is 11.8 Å². The van der Waals surface area contributed by atoms with E-state index in [0.717, 1.165) is 16.2 Å². The molecule has 78 valence electrons. The van der Waals surface area contributed by atoms with E-state index in [2.05, 4.69) is 0 Å². The lowest BCUT2D eigenvalue weighted by molar-refractivity contribution is 0.565. The summed E-state index contributed by atoms with van der Waals surface area (Å²) in [4.78, 5) is 0.887. The zero-order chi connectivity index (χ0) is 10.7. The molecule has 0 unspecified atom stereocenters. The molecule has 0 fully saturated rings. The Balaban J connectivity index is 2.05. The highest BCUT2D eigenvalue weighted by Gasteiger charge is 2.02. The van der Waals surface area contributed by atoms with Gasteiger partial charge in [-0.2, -0.15) is 0 Å². The van der Waals surface area contributed by atoms with Crippen LogP contribution in [0.2, 0.25) is 0 Å². The largest absolute Gasteiger partial charge is 0.472 e. The molecule has 2 rings (SSSR count). The summed E-state index contributed by atoms with van der Waals surface area (Å²) >= 11 is 1.56. The number of hydrogen-bond donors (Lipinski definition) is 1. The molecular weight excluding hydrogens is 213 g/mol. The highest BCUT2D eigenvalue weighted by Crippen LogP contribution is 2.28. The van der Waals surface area contributed by atoms with Crippen LogP contribution in [-0.2, 0) is 5.75 Å². The average Bonchev–Trinajstić information content (AvgIpc) is 2.69. The van der Waals surface area contributed by atoms with Gasteiger partial charge in [0.2, 0.25) is 0 Å². The Morgan fingerprint density at radius 1 is 1.33 bits per heavy atom. The first-order valence-corrected chi connectivity index (χ1v) is 5.43. The van der Waals surface area contributed by atoms with Gasteiger partial charge in [0, 0.05) is 21.9 Å². The number of nitrogen functional groups attached to an aromatic ring is 1. The molecule has 0 saturated carbocycles. The predicted octanol–water partition coefficient (Wildman–Crippen LogP) is 3.29. The molecule has 1 heterocycles. The number of halogens is 1. The Labute approximate surface area is 91.3 Å². The van der Waals surface area contributed by atoms with Crippen LogP contribution in [0.1, 0.15) is 5.56 Å². The summed E-state index contributed by atoms with van der Waals surface area (Å²) in [6.45, 7) is 0. The lowest BCUT2D eigenvalue weighted by Crippen LogP contribution is -1.89. The lowest BCUT2D eigenvalue weighted by Gasteiger charge is -2.03. The molecule has 0 aliphatic carbocycles. The molecule has 0 aliphatic rings. The van der Waals surface area contributed by atoms with Gasteiger partial charge in [-0.15, -0.1) is 11.8 Å². The molecule has 0 saturated heterocycles. The van der Waals surface area contributed by atoms with Gasteiger partial charge in [0.15, 0.2) is 0 Å². The van der Waals surface area contributed by atoms with Gasteiger partial charge in [0.1, 0.15) is 5.82 Å². The highest BCUT2D eigenvalue weighted by atomic mass is 32.2. The van der Waals surface area contributed by atoms with E-state index in [1.807, 2.05) is 6.07 Å². The van der Waals surface area contributed by atoms with E-state index < -0.39 is 0 Å². The molecular formula is C11H10FNOS. The third-order valence-corrected chi connectivity index (χ3v) is 3.11. The maximum Gasteiger partial charge on any atom is 0.125 e. The highest BCUT2D eigenvalue weighted by molar-refractivity contribution is 7.98. The molecule has 2 N–H and O–H groups in total. The molecule has 1 aromatic carbocycles. The Morgan fingerprint density at radius 3 is 2.87 bits per heavy atom. The Hall–Kier alpha value is -1.42. The van der Waals surface area contributed by atoms with Gasteiger partial charge in [-0.05, 0) is 24.3 Å². The fourth-order valence-electron chi connectivity index (χ4n) is 1.19. The average molecular weight is 223 g/mol. The topological polar surface area (TPSA) is 39.2 Å². The van der Waals surface area contributed by atoms with Gasteiger partial charge < -0.3 is 10.2 Å². The minimum atomic E-state index is -0.305. The second kappa shape index (κ2) is 4.40. The SMILES string of the molecule is Nc1cc(F)ccc1SCc1ccoc1. The molecule has 0 spiro atoms. The second-order valence-corrected chi connectivity index (χ2v) is 4.12. The summed E-state index contributed by atoms with van der Waals surface area (Å²) in [5, 5.41) is 0. The van der Waals surface area contributed by atoms with E-state index in [9.17, 15) is 4.39 Å². The summed E-state index contributed by atoms with van der Waals surface area (Å²) in [7, 11) is 0. The van der Waals surface area contributed by atoms with Crippen LogP contribution in [0, 0.1) is 5.82 Å². The van der Waals surface area contributed by atoms with Crippen molar-refractivity contribution in [2.45, 2.75) is 10.6 Å². The zero-order valence-corrected chi connectivity index (χ0v) is 8.76. The van der Waals surface area contributed by atoms with Crippen LogP contribution in [0.3, 0.4) is 0 Å². The molecule has 0 radical (unpaired) electrons. The number of furan rings is 1. The van der Waals surface area contributed by atoms with E-state index in [0.29, 0.717) is 5.69 Å². The summed E-state index contributed by atoms with van der Waals surface area (Å²) in [6, 6.07) is 6.33. The van der Waals surface area contributed by atoms with Crippen molar-refractivity contribution in [1.29, 1.82) is 0 Å². The number of benzene rings is 1.